The van der Waals surface area contributed by atoms with E-state index in [9.17, 15) is 39.0 Å². The predicted octanol–water partition coefficient (Wildman–Crippen LogP) is 3.02. The average Bonchev–Trinajstić information content (AvgIpc) is 3.15. The van der Waals surface area contributed by atoms with Crippen molar-refractivity contribution < 1.29 is 44.1 Å². The summed E-state index contributed by atoms with van der Waals surface area (Å²) in [5.41, 5.74) is 5.64. The Morgan fingerprint density at radius 3 is 2.09 bits per heavy atom. The Labute approximate surface area is 318 Å². The zero-order chi connectivity index (χ0) is 40.3. The van der Waals surface area contributed by atoms with E-state index in [4.69, 9.17) is 10.8 Å². The van der Waals surface area contributed by atoms with Crippen LogP contribution in [0.2, 0.25) is 0 Å². The van der Waals surface area contributed by atoms with Gasteiger partial charge in [0.15, 0.2) is 6.10 Å². The third-order valence-electron chi connectivity index (χ3n) is 9.24. The number of fused-ring (bicyclic) bond motifs is 1. The second kappa shape index (κ2) is 18.8. The summed E-state index contributed by atoms with van der Waals surface area (Å²) < 4.78 is 0. The van der Waals surface area contributed by atoms with Crippen LogP contribution in [0.15, 0.2) is 97.1 Å². The minimum absolute atomic E-state index is 0.0263. The van der Waals surface area contributed by atoms with Gasteiger partial charge in [-0.25, -0.2) is 4.79 Å². The van der Waals surface area contributed by atoms with Gasteiger partial charge in [0.2, 0.25) is 17.7 Å². The highest BCUT2D eigenvalue weighted by molar-refractivity contribution is 5.98. The number of hydrogen-bond donors (Lipinski definition) is 8. The molecule has 55 heavy (non-hydrogen) atoms. The van der Waals surface area contributed by atoms with Crippen LogP contribution in [0.1, 0.15) is 55.1 Å². The number of hydrogen-bond acceptors (Lipinski definition) is 8. The quantitative estimate of drug-likeness (QED) is 0.0739. The molecule has 5 atom stereocenters. The summed E-state index contributed by atoms with van der Waals surface area (Å²) in [5, 5.41) is 42.5. The molecule has 0 saturated carbocycles. The Hall–Kier alpha value is -6.12. The van der Waals surface area contributed by atoms with Crippen LogP contribution in [-0.2, 0) is 36.8 Å². The molecule has 4 rings (SSSR count). The van der Waals surface area contributed by atoms with Crippen LogP contribution in [0.25, 0.3) is 10.8 Å². The standard InChI is InChI=1S/C41H47N5O9/c1-24(2)34(45-36(50)31(42)19-20-33(47)48)38(52)44-32(22-27-15-9-14-26-13-7-8-18-30(26)27)37(51)46-41(3,23-25-11-5-4-6-12-25)35(49)39(53)43-29-17-10-16-28(21-29)40(54)55/h4-18,21,24,31-32,34-35,49H,19-20,22-23,42H2,1-3H3,(H,43,53)(H,44,52)(H,45,50)(H,46,51)(H,47,48)(H,54,55)/t31-,32-,34-,35-,41?/m0/s1. The Balaban J connectivity index is 1.68. The van der Waals surface area contributed by atoms with Gasteiger partial charge >= 0.3 is 11.9 Å². The number of benzene rings is 4. The van der Waals surface area contributed by atoms with Gasteiger partial charge in [0, 0.05) is 18.5 Å². The number of nitrogens with two attached hydrogens (primary N) is 1. The van der Waals surface area contributed by atoms with Crippen molar-refractivity contribution in [1.29, 1.82) is 0 Å². The number of carboxylic acid groups (broad SMARTS) is 2. The van der Waals surface area contributed by atoms with Gasteiger partial charge in [0.25, 0.3) is 5.91 Å². The van der Waals surface area contributed by atoms with E-state index >= 15 is 0 Å². The Morgan fingerprint density at radius 1 is 0.764 bits per heavy atom. The maximum atomic E-state index is 14.5. The Bertz CT molecular complexity index is 2020. The minimum Gasteiger partial charge on any atom is -0.481 e. The first-order valence-corrected chi connectivity index (χ1v) is 17.8. The molecule has 14 heteroatoms. The molecule has 0 spiro atoms. The molecule has 0 aliphatic carbocycles. The number of rotatable bonds is 18. The van der Waals surface area contributed by atoms with Crippen molar-refractivity contribution in [3.8, 4) is 0 Å². The lowest BCUT2D eigenvalue weighted by Gasteiger charge is -2.36. The molecule has 0 saturated heterocycles. The molecule has 0 aliphatic heterocycles. The zero-order valence-electron chi connectivity index (χ0n) is 30.8. The maximum absolute atomic E-state index is 14.5. The molecule has 14 nitrogen and oxygen atoms in total. The summed E-state index contributed by atoms with van der Waals surface area (Å²) >= 11 is 0. The fraction of sp³-hybridized carbons (Fsp3) is 0.317. The Morgan fingerprint density at radius 2 is 1.42 bits per heavy atom. The number of carbonyl (C=O) groups is 6. The van der Waals surface area contributed by atoms with Crippen LogP contribution in [-0.4, -0.2) is 80.7 Å². The summed E-state index contributed by atoms with van der Waals surface area (Å²) in [5.74, 6) is -5.93. The van der Waals surface area contributed by atoms with Crippen molar-refractivity contribution in [2.45, 2.75) is 76.2 Å². The van der Waals surface area contributed by atoms with Crippen molar-refractivity contribution in [2.24, 2.45) is 11.7 Å². The highest BCUT2D eigenvalue weighted by Crippen LogP contribution is 2.23. The largest absolute Gasteiger partial charge is 0.481 e. The topological polar surface area (TPSA) is 237 Å². The molecular weight excluding hydrogens is 706 g/mol. The van der Waals surface area contributed by atoms with Gasteiger partial charge in [-0.2, -0.15) is 0 Å². The highest BCUT2D eigenvalue weighted by atomic mass is 16.4. The molecule has 4 aromatic rings. The highest BCUT2D eigenvalue weighted by Gasteiger charge is 2.41. The monoisotopic (exact) mass is 753 g/mol. The zero-order valence-corrected chi connectivity index (χ0v) is 30.8. The lowest BCUT2D eigenvalue weighted by molar-refractivity contribution is -0.137. The van der Waals surface area contributed by atoms with Gasteiger partial charge in [-0.1, -0.05) is 92.7 Å². The van der Waals surface area contributed by atoms with E-state index in [-0.39, 0.29) is 36.9 Å². The lowest BCUT2D eigenvalue weighted by atomic mass is 9.85. The summed E-state index contributed by atoms with van der Waals surface area (Å²) in [6.45, 7) is 4.86. The van der Waals surface area contributed by atoms with Crippen LogP contribution in [0, 0.1) is 5.92 Å². The first-order chi connectivity index (χ1) is 26.1. The molecule has 0 bridgehead atoms. The van der Waals surface area contributed by atoms with Gasteiger partial charge in [0.05, 0.1) is 17.1 Å². The van der Waals surface area contributed by atoms with Gasteiger partial charge in [0.1, 0.15) is 12.1 Å². The third kappa shape index (κ3) is 11.4. The second-order valence-corrected chi connectivity index (χ2v) is 14.0. The number of carboxylic acids is 2. The molecule has 0 aliphatic rings. The van der Waals surface area contributed by atoms with E-state index in [0.717, 1.165) is 10.8 Å². The number of aliphatic hydroxyl groups excluding tert-OH is 1. The number of carbonyl (C=O) groups excluding carboxylic acids is 4. The summed E-state index contributed by atoms with van der Waals surface area (Å²) in [6, 6.07) is 23.7. The summed E-state index contributed by atoms with van der Waals surface area (Å²) in [4.78, 5) is 77.5. The number of aliphatic hydroxyl groups is 1. The molecule has 0 aromatic heterocycles. The minimum atomic E-state index is -1.88. The molecule has 0 radical (unpaired) electrons. The molecule has 0 heterocycles. The fourth-order valence-corrected chi connectivity index (χ4v) is 6.19. The first kappa shape index (κ1) is 41.6. The molecule has 4 amide bonds. The van der Waals surface area contributed by atoms with Crippen molar-refractivity contribution in [3.05, 3.63) is 114 Å². The summed E-state index contributed by atoms with van der Waals surface area (Å²) in [7, 11) is 0. The van der Waals surface area contributed by atoms with Crippen molar-refractivity contribution in [1.82, 2.24) is 16.0 Å². The molecule has 0 fully saturated rings. The van der Waals surface area contributed by atoms with E-state index < -0.39 is 71.3 Å². The van der Waals surface area contributed by atoms with Crippen LogP contribution in [0.4, 0.5) is 5.69 Å². The number of aliphatic carboxylic acids is 1. The van der Waals surface area contributed by atoms with Crippen molar-refractivity contribution >= 4 is 52.0 Å². The fourth-order valence-electron chi connectivity index (χ4n) is 6.19. The van der Waals surface area contributed by atoms with E-state index in [1.165, 1.54) is 31.2 Å². The van der Waals surface area contributed by atoms with E-state index in [0.29, 0.717) is 11.1 Å². The molecule has 9 N–H and O–H groups in total. The normalized spacial score (nSPS) is 14.4. The average molecular weight is 754 g/mol. The molecule has 4 aromatic carbocycles. The number of nitrogens with one attached hydrogen (secondary N) is 4. The smallest absolute Gasteiger partial charge is 0.335 e. The van der Waals surface area contributed by atoms with E-state index in [2.05, 4.69) is 21.3 Å². The molecular formula is C41H47N5O9. The van der Waals surface area contributed by atoms with Gasteiger partial charge in [-0.05, 0) is 65.8 Å². The second-order valence-electron chi connectivity index (χ2n) is 14.0. The number of aromatic carboxylic acids is 1. The van der Waals surface area contributed by atoms with Crippen LogP contribution in [0.5, 0.6) is 0 Å². The van der Waals surface area contributed by atoms with Gasteiger partial charge < -0.3 is 42.3 Å². The van der Waals surface area contributed by atoms with E-state index in [1.54, 1.807) is 44.2 Å². The lowest BCUT2D eigenvalue weighted by Crippen LogP contribution is -2.64. The molecule has 1 unspecified atom stereocenters. The first-order valence-electron chi connectivity index (χ1n) is 17.8. The molecule has 290 valence electrons. The van der Waals surface area contributed by atoms with Gasteiger partial charge in [-0.15, -0.1) is 0 Å². The van der Waals surface area contributed by atoms with Crippen LogP contribution in [0.3, 0.4) is 0 Å². The number of amides is 4. The van der Waals surface area contributed by atoms with Crippen LogP contribution < -0.4 is 27.0 Å². The maximum Gasteiger partial charge on any atom is 0.335 e. The van der Waals surface area contributed by atoms with E-state index in [1.807, 2.05) is 42.5 Å². The third-order valence-corrected chi connectivity index (χ3v) is 9.24. The van der Waals surface area contributed by atoms with Gasteiger partial charge in [-0.3, -0.25) is 24.0 Å². The Kier molecular flexibility index (Phi) is 14.2. The summed E-state index contributed by atoms with van der Waals surface area (Å²) in [6.07, 6.45) is -2.44. The van der Waals surface area contributed by atoms with Crippen LogP contribution >= 0.6 is 0 Å². The van der Waals surface area contributed by atoms with Crippen molar-refractivity contribution in [3.63, 3.8) is 0 Å². The number of anilines is 1. The predicted molar refractivity (Wildman–Crippen MR) is 206 cm³/mol. The SMILES string of the molecule is CC(C)[C@H](NC(=O)[C@@H](N)CCC(=O)O)C(=O)N[C@@H](Cc1cccc2ccccc12)C(=O)NC(C)(Cc1ccccc1)[C@@H](O)C(=O)Nc1cccc(C(=O)O)c1. The van der Waals surface area contributed by atoms with Crippen molar-refractivity contribution in [2.75, 3.05) is 5.32 Å².